The van der Waals surface area contributed by atoms with Gasteiger partial charge in [-0.25, -0.2) is 26.8 Å². The first kappa shape index (κ1) is 48.0. The van der Waals surface area contributed by atoms with Crippen LogP contribution in [0, 0.1) is 13.8 Å². The molecule has 2 aromatic carbocycles. The van der Waals surface area contributed by atoms with Gasteiger partial charge in [0.25, 0.3) is 0 Å². The molecule has 0 unspecified atom stereocenters. The Hall–Kier alpha value is -3.97. The van der Waals surface area contributed by atoms with Crippen molar-refractivity contribution in [3.63, 3.8) is 0 Å². The molecule has 5 heterocycles. The molecule has 2 aliphatic carbocycles. The zero-order valence-electron chi connectivity index (χ0n) is 38.5. The third-order valence-electron chi connectivity index (χ3n) is 13.1. The second-order valence-electron chi connectivity index (χ2n) is 18.8. The topological polar surface area (TPSA) is 178 Å². The van der Waals surface area contributed by atoms with Crippen molar-refractivity contribution >= 4 is 66.9 Å². The van der Waals surface area contributed by atoms with Crippen LogP contribution in [0.2, 0.25) is 5.02 Å². The maximum Gasteiger partial charge on any atom is 0.496 e. The van der Waals surface area contributed by atoms with E-state index >= 15 is 0 Å². The fourth-order valence-corrected chi connectivity index (χ4v) is 11.7. The van der Waals surface area contributed by atoms with Crippen LogP contribution in [-0.2, 0) is 29.0 Å². The Balaban J connectivity index is 0.000000148. The molecule has 5 fully saturated rings. The SMILES string of the molecule is CN1CCN(c2cc(Cl)cc(S(=O)(=O)C3CC3)c2)CC1.Cc1nc(N)ccc1-c1cc(N2CCN(C)CC2)cc(S(=O)(=O)C2CC2)c1.Cc1nc(N)ccc1B1OC(C)(C)C(C)(C)O1. The van der Waals surface area contributed by atoms with Gasteiger partial charge in [-0.15, -0.1) is 0 Å². The Morgan fingerprint density at radius 1 is 0.625 bits per heavy atom. The Bertz CT molecular complexity index is 2540. The lowest BCUT2D eigenvalue weighted by Crippen LogP contribution is -2.44. The molecule has 3 aliphatic heterocycles. The fourth-order valence-electron chi connectivity index (χ4n) is 7.95. The number of benzene rings is 2. The van der Waals surface area contributed by atoms with Gasteiger partial charge >= 0.3 is 7.12 Å². The molecule has 64 heavy (non-hydrogen) atoms. The molecule has 0 atom stereocenters. The van der Waals surface area contributed by atoms with Crippen molar-refractivity contribution in [2.75, 3.05) is 87.7 Å². The van der Waals surface area contributed by atoms with E-state index in [0.29, 0.717) is 26.4 Å². The normalized spacial score (nSPS) is 20.3. The van der Waals surface area contributed by atoms with Crippen LogP contribution in [0.25, 0.3) is 11.1 Å². The first-order valence-corrected chi connectivity index (χ1v) is 25.6. The van der Waals surface area contributed by atoms with E-state index in [9.17, 15) is 16.8 Å². The molecule has 5 aliphatic rings. The van der Waals surface area contributed by atoms with Gasteiger partial charge in [0, 0.05) is 91.2 Å². The lowest BCUT2D eigenvalue weighted by molar-refractivity contribution is 0.00578. The largest absolute Gasteiger partial charge is 0.496 e. The summed E-state index contributed by atoms with van der Waals surface area (Å²) in [6.45, 7) is 19.5. The Morgan fingerprint density at radius 2 is 1.06 bits per heavy atom. The second kappa shape index (κ2) is 18.7. The van der Waals surface area contributed by atoms with E-state index in [0.717, 1.165) is 117 Å². The molecule has 4 aromatic rings. The van der Waals surface area contributed by atoms with Crippen molar-refractivity contribution < 1.29 is 26.1 Å². The van der Waals surface area contributed by atoms with Crippen molar-refractivity contribution in [3.05, 3.63) is 77.1 Å². The van der Waals surface area contributed by atoms with Crippen molar-refractivity contribution in [3.8, 4) is 11.1 Å². The maximum atomic E-state index is 12.9. The molecule has 0 spiro atoms. The average molecular weight is 935 g/mol. The summed E-state index contributed by atoms with van der Waals surface area (Å²) in [5, 5.41) is 0.0840. The highest BCUT2D eigenvalue weighted by Gasteiger charge is 2.52. The van der Waals surface area contributed by atoms with Crippen LogP contribution in [0.1, 0.15) is 64.8 Å². The number of nitrogen functional groups attached to an aromatic ring is 2. The molecule has 0 bridgehead atoms. The summed E-state index contributed by atoms with van der Waals surface area (Å²) >= 11 is 6.13. The van der Waals surface area contributed by atoms with Crippen molar-refractivity contribution in [1.82, 2.24) is 19.8 Å². The number of rotatable bonds is 8. The van der Waals surface area contributed by atoms with Crippen LogP contribution < -0.4 is 26.7 Å². The van der Waals surface area contributed by atoms with E-state index in [2.05, 4.69) is 49.7 Å². The number of hydrogen-bond donors (Lipinski definition) is 2. The molecular formula is C46H64BClN8O6S2. The van der Waals surface area contributed by atoms with Gasteiger partial charge < -0.3 is 40.4 Å². The van der Waals surface area contributed by atoms with E-state index in [1.807, 2.05) is 65.8 Å². The third-order valence-corrected chi connectivity index (χ3v) is 17.8. The van der Waals surface area contributed by atoms with E-state index in [1.54, 1.807) is 30.3 Å². The van der Waals surface area contributed by atoms with Crippen molar-refractivity contribution in [2.45, 2.75) is 98.7 Å². The minimum Gasteiger partial charge on any atom is -0.399 e. The number of piperazine rings is 2. The quantitative estimate of drug-likeness (QED) is 0.208. The number of hydrogen-bond acceptors (Lipinski definition) is 14. The lowest BCUT2D eigenvalue weighted by Gasteiger charge is -2.34. The van der Waals surface area contributed by atoms with Gasteiger partial charge in [0.1, 0.15) is 11.6 Å². The number of anilines is 4. The minimum absolute atomic E-state index is 0.193. The fraction of sp³-hybridized carbons (Fsp3) is 0.522. The lowest BCUT2D eigenvalue weighted by atomic mass is 9.78. The van der Waals surface area contributed by atoms with Gasteiger partial charge in [0.05, 0.1) is 31.5 Å². The van der Waals surface area contributed by atoms with E-state index in [-0.39, 0.29) is 28.8 Å². The van der Waals surface area contributed by atoms with Crippen molar-refractivity contribution in [1.29, 1.82) is 0 Å². The molecule has 4 N–H and O–H groups in total. The number of aromatic nitrogens is 2. The summed E-state index contributed by atoms with van der Waals surface area (Å²) in [7, 11) is -2.61. The summed E-state index contributed by atoms with van der Waals surface area (Å²) in [4.78, 5) is 18.4. The highest BCUT2D eigenvalue weighted by atomic mass is 35.5. The highest BCUT2D eigenvalue weighted by Crippen LogP contribution is 2.39. The van der Waals surface area contributed by atoms with Gasteiger partial charge in [-0.2, -0.15) is 0 Å². The average Bonchev–Trinajstić information content (AvgIpc) is 4.15. The molecule has 0 radical (unpaired) electrons. The van der Waals surface area contributed by atoms with Gasteiger partial charge in [-0.3, -0.25) is 0 Å². The second-order valence-corrected chi connectivity index (χ2v) is 23.7. The molecule has 3 saturated heterocycles. The number of pyridine rings is 2. The summed E-state index contributed by atoms with van der Waals surface area (Å²) in [5.41, 5.74) is 17.1. The molecular weight excluding hydrogens is 871 g/mol. The first-order chi connectivity index (χ1) is 30.0. The van der Waals surface area contributed by atoms with Gasteiger partial charge in [0.15, 0.2) is 19.7 Å². The molecule has 9 rings (SSSR count). The number of nitrogens with two attached hydrogens (primary N) is 2. The molecule has 0 amide bonds. The van der Waals surface area contributed by atoms with Crippen LogP contribution in [-0.4, -0.2) is 132 Å². The van der Waals surface area contributed by atoms with E-state index < -0.39 is 19.7 Å². The summed E-state index contributed by atoms with van der Waals surface area (Å²) in [6, 6.07) is 18.3. The zero-order valence-corrected chi connectivity index (χ0v) is 40.9. The van der Waals surface area contributed by atoms with Crippen LogP contribution >= 0.6 is 11.6 Å². The van der Waals surface area contributed by atoms with Crippen LogP contribution in [0.3, 0.4) is 0 Å². The maximum absolute atomic E-state index is 12.9. The zero-order chi connectivity index (χ0) is 46.4. The molecule has 14 nitrogen and oxygen atoms in total. The highest BCUT2D eigenvalue weighted by molar-refractivity contribution is 7.92. The Kier molecular flexibility index (Phi) is 14.0. The molecule has 346 valence electrons. The number of aryl methyl sites for hydroxylation is 2. The van der Waals surface area contributed by atoms with Gasteiger partial charge in [-0.1, -0.05) is 17.7 Å². The standard InChI is InChI=1S/C20H26N4O2S.C14H19ClN2O2S.C12H19BN2O2/c1-14-19(5-6-20(21)22-14)15-11-16(24-9-7-23(2)8-10-24)13-18(12-15)27(25,26)17-3-4-17;1-16-4-6-17(7-5-16)12-8-11(15)9-14(10-12)20(18,19)13-2-3-13;1-8-9(6-7-10(14)15-8)13-16-11(2,3)12(4,5)17-13/h5-6,11-13,17H,3-4,7-10H2,1-2H3,(H2,21,22);8-10,13H,2-7H2,1H3;6-7H,1-5H3,(H2,14,15). The summed E-state index contributed by atoms with van der Waals surface area (Å²) in [6.07, 6.45) is 3.08. The first-order valence-electron chi connectivity index (χ1n) is 22.2. The smallest absolute Gasteiger partial charge is 0.399 e. The van der Waals surface area contributed by atoms with E-state index in [4.69, 9.17) is 32.4 Å². The third kappa shape index (κ3) is 11.0. The van der Waals surface area contributed by atoms with Crippen LogP contribution in [0.4, 0.5) is 23.0 Å². The van der Waals surface area contributed by atoms with Crippen LogP contribution in [0.15, 0.2) is 70.5 Å². The molecule has 2 saturated carbocycles. The number of likely N-dealkylation sites (N-methyl/N-ethyl adjacent to an activating group) is 2. The monoisotopic (exact) mass is 934 g/mol. The summed E-state index contributed by atoms with van der Waals surface area (Å²) < 4.78 is 62.5. The van der Waals surface area contributed by atoms with Crippen molar-refractivity contribution in [2.24, 2.45) is 0 Å². The Morgan fingerprint density at radius 3 is 1.52 bits per heavy atom. The Labute approximate surface area is 385 Å². The predicted octanol–water partition coefficient (Wildman–Crippen LogP) is 5.63. The predicted molar refractivity (Wildman–Crippen MR) is 259 cm³/mol. The molecule has 2 aromatic heterocycles. The van der Waals surface area contributed by atoms with Gasteiger partial charge in [-0.05, 0) is 141 Å². The van der Waals surface area contributed by atoms with Gasteiger partial charge in [0.2, 0.25) is 0 Å². The van der Waals surface area contributed by atoms with E-state index in [1.165, 1.54) is 0 Å². The number of halogens is 1. The number of nitrogens with zero attached hydrogens (tertiary/aromatic N) is 6. The number of sulfone groups is 2. The molecule has 18 heteroatoms. The minimum atomic E-state index is -3.27. The summed E-state index contributed by atoms with van der Waals surface area (Å²) in [5.74, 6) is 0.986. The van der Waals surface area contributed by atoms with Crippen LogP contribution in [0.5, 0.6) is 0 Å².